The van der Waals surface area contributed by atoms with Gasteiger partial charge in [-0.05, 0) is 43.5 Å². The van der Waals surface area contributed by atoms with Crippen molar-refractivity contribution in [1.29, 1.82) is 0 Å². The van der Waals surface area contributed by atoms with Gasteiger partial charge in [0.25, 0.3) is 0 Å². The molecule has 0 saturated carbocycles. The molecule has 0 radical (unpaired) electrons. The van der Waals surface area contributed by atoms with E-state index in [4.69, 9.17) is 0 Å². The zero-order chi connectivity index (χ0) is 15.6. The SMILES string of the molecule is CC(=O)c1cccc(Cc2ccc(C)cc2C(F)(F)F)c1. The molecule has 0 heterocycles. The first-order valence-electron chi connectivity index (χ1n) is 6.54. The predicted molar refractivity (Wildman–Crippen MR) is 75.4 cm³/mol. The lowest BCUT2D eigenvalue weighted by molar-refractivity contribution is -0.138. The van der Waals surface area contributed by atoms with Gasteiger partial charge in [0.1, 0.15) is 0 Å². The zero-order valence-electron chi connectivity index (χ0n) is 11.8. The van der Waals surface area contributed by atoms with E-state index >= 15 is 0 Å². The van der Waals surface area contributed by atoms with Crippen LogP contribution in [0.1, 0.15) is 39.5 Å². The maximum absolute atomic E-state index is 13.1. The van der Waals surface area contributed by atoms with Gasteiger partial charge in [-0.25, -0.2) is 0 Å². The first-order chi connectivity index (χ1) is 9.77. The second-order valence-corrected chi connectivity index (χ2v) is 5.09. The van der Waals surface area contributed by atoms with E-state index in [1.165, 1.54) is 13.0 Å². The normalized spacial score (nSPS) is 11.5. The molecule has 0 fully saturated rings. The molecule has 0 spiro atoms. The third kappa shape index (κ3) is 3.72. The molecule has 0 saturated heterocycles. The van der Waals surface area contributed by atoms with Gasteiger partial charge >= 0.3 is 6.18 Å². The molecule has 0 aliphatic rings. The van der Waals surface area contributed by atoms with Crippen molar-refractivity contribution >= 4 is 5.78 Å². The van der Waals surface area contributed by atoms with Crippen LogP contribution in [0.5, 0.6) is 0 Å². The smallest absolute Gasteiger partial charge is 0.295 e. The minimum Gasteiger partial charge on any atom is -0.295 e. The van der Waals surface area contributed by atoms with Gasteiger partial charge in [-0.2, -0.15) is 13.2 Å². The molecule has 0 aromatic heterocycles. The minimum atomic E-state index is -4.38. The number of halogens is 3. The Labute approximate surface area is 121 Å². The summed E-state index contributed by atoms with van der Waals surface area (Å²) in [5.41, 5.74) is 1.37. The summed E-state index contributed by atoms with van der Waals surface area (Å²) in [6.07, 6.45) is -4.23. The average Bonchev–Trinajstić information content (AvgIpc) is 2.40. The van der Waals surface area contributed by atoms with Crippen molar-refractivity contribution < 1.29 is 18.0 Å². The van der Waals surface area contributed by atoms with Crippen LogP contribution < -0.4 is 0 Å². The molecule has 0 amide bonds. The highest BCUT2D eigenvalue weighted by Crippen LogP contribution is 2.33. The maximum atomic E-state index is 13.1. The fraction of sp³-hybridized carbons (Fsp3) is 0.235. The molecule has 110 valence electrons. The van der Waals surface area contributed by atoms with Gasteiger partial charge in [-0.15, -0.1) is 0 Å². The van der Waals surface area contributed by atoms with Crippen molar-refractivity contribution in [2.75, 3.05) is 0 Å². The Bertz CT molecular complexity index is 672. The van der Waals surface area contributed by atoms with Crippen molar-refractivity contribution in [3.05, 3.63) is 70.3 Å². The summed E-state index contributed by atoms with van der Waals surface area (Å²) in [5.74, 6) is -0.100. The number of Topliss-reactive ketones (excluding diaryl/α,β-unsaturated/α-hetero) is 1. The summed E-state index contributed by atoms with van der Waals surface area (Å²) in [7, 11) is 0. The zero-order valence-corrected chi connectivity index (χ0v) is 11.8. The number of carbonyl (C=O) groups is 1. The minimum absolute atomic E-state index is 0.100. The second kappa shape index (κ2) is 5.72. The van der Waals surface area contributed by atoms with Crippen LogP contribution in [0, 0.1) is 6.92 Å². The van der Waals surface area contributed by atoms with E-state index in [0.29, 0.717) is 16.7 Å². The maximum Gasteiger partial charge on any atom is 0.416 e. The molecule has 1 nitrogen and oxygen atoms in total. The molecule has 2 aromatic rings. The van der Waals surface area contributed by atoms with Gasteiger partial charge in [0, 0.05) is 5.56 Å². The fourth-order valence-electron chi connectivity index (χ4n) is 2.23. The Morgan fingerprint density at radius 1 is 1.10 bits per heavy atom. The van der Waals surface area contributed by atoms with Crippen LogP contribution in [-0.4, -0.2) is 5.78 Å². The van der Waals surface area contributed by atoms with E-state index in [1.54, 1.807) is 37.3 Å². The number of rotatable bonds is 3. The van der Waals surface area contributed by atoms with Crippen molar-refractivity contribution in [1.82, 2.24) is 0 Å². The highest BCUT2D eigenvalue weighted by Gasteiger charge is 2.33. The molecular formula is C17H15F3O. The van der Waals surface area contributed by atoms with E-state index in [-0.39, 0.29) is 17.8 Å². The van der Waals surface area contributed by atoms with Crippen LogP contribution in [0.2, 0.25) is 0 Å². The van der Waals surface area contributed by atoms with Crippen LogP contribution in [0.3, 0.4) is 0 Å². The quantitative estimate of drug-likeness (QED) is 0.742. The number of aryl methyl sites for hydroxylation is 1. The Hall–Kier alpha value is -2.10. The Balaban J connectivity index is 2.40. The lowest BCUT2D eigenvalue weighted by Crippen LogP contribution is -2.10. The fourth-order valence-corrected chi connectivity index (χ4v) is 2.23. The van der Waals surface area contributed by atoms with Gasteiger partial charge in [0.15, 0.2) is 5.78 Å². The molecule has 2 aromatic carbocycles. The first-order valence-corrected chi connectivity index (χ1v) is 6.54. The van der Waals surface area contributed by atoms with Crippen molar-refractivity contribution in [3.63, 3.8) is 0 Å². The molecule has 21 heavy (non-hydrogen) atoms. The van der Waals surface area contributed by atoms with Gasteiger partial charge in [-0.3, -0.25) is 4.79 Å². The molecule has 2 rings (SSSR count). The molecular weight excluding hydrogens is 277 g/mol. The van der Waals surface area contributed by atoms with Crippen LogP contribution >= 0.6 is 0 Å². The van der Waals surface area contributed by atoms with Crippen molar-refractivity contribution in [3.8, 4) is 0 Å². The van der Waals surface area contributed by atoms with E-state index in [1.807, 2.05) is 0 Å². The number of ketones is 1. The standard InChI is InChI=1S/C17H15F3O/c1-11-6-7-15(16(8-11)17(18,19)20)10-13-4-3-5-14(9-13)12(2)21/h3-9H,10H2,1-2H3. The topological polar surface area (TPSA) is 17.1 Å². The van der Waals surface area contributed by atoms with E-state index < -0.39 is 11.7 Å². The van der Waals surface area contributed by atoms with Gasteiger partial charge in [0.2, 0.25) is 0 Å². The number of hydrogen-bond acceptors (Lipinski definition) is 1. The summed E-state index contributed by atoms with van der Waals surface area (Å²) in [6.45, 7) is 3.07. The molecule has 4 heteroatoms. The summed E-state index contributed by atoms with van der Waals surface area (Å²) < 4.78 is 39.3. The highest BCUT2D eigenvalue weighted by atomic mass is 19.4. The van der Waals surface area contributed by atoms with Gasteiger partial charge in [-0.1, -0.05) is 35.9 Å². The monoisotopic (exact) mass is 292 g/mol. The Morgan fingerprint density at radius 2 is 1.81 bits per heavy atom. The Kier molecular flexibility index (Phi) is 4.16. The summed E-state index contributed by atoms with van der Waals surface area (Å²) >= 11 is 0. The van der Waals surface area contributed by atoms with E-state index in [0.717, 1.165) is 6.07 Å². The molecule has 0 aliphatic heterocycles. The van der Waals surface area contributed by atoms with Crippen LogP contribution in [-0.2, 0) is 12.6 Å². The number of hydrogen-bond donors (Lipinski definition) is 0. The third-order valence-electron chi connectivity index (χ3n) is 3.30. The molecule has 0 atom stereocenters. The average molecular weight is 292 g/mol. The van der Waals surface area contributed by atoms with Gasteiger partial charge in [0.05, 0.1) is 5.56 Å². The van der Waals surface area contributed by atoms with Crippen LogP contribution in [0.25, 0.3) is 0 Å². The summed E-state index contributed by atoms with van der Waals surface area (Å²) in [4.78, 5) is 11.3. The molecule has 0 N–H and O–H groups in total. The molecule has 0 aliphatic carbocycles. The van der Waals surface area contributed by atoms with Crippen molar-refractivity contribution in [2.45, 2.75) is 26.4 Å². The third-order valence-corrected chi connectivity index (χ3v) is 3.30. The lowest BCUT2D eigenvalue weighted by atomic mass is 9.96. The number of carbonyl (C=O) groups excluding carboxylic acids is 1. The molecule has 0 bridgehead atoms. The molecule has 0 unspecified atom stereocenters. The lowest BCUT2D eigenvalue weighted by Gasteiger charge is -2.14. The van der Waals surface area contributed by atoms with E-state index in [9.17, 15) is 18.0 Å². The van der Waals surface area contributed by atoms with E-state index in [2.05, 4.69) is 0 Å². The van der Waals surface area contributed by atoms with Crippen molar-refractivity contribution in [2.24, 2.45) is 0 Å². The Morgan fingerprint density at radius 3 is 2.43 bits per heavy atom. The summed E-state index contributed by atoms with van der Waals surface area (Å²) in [5, 5.41) is 0. The first kappa shape index (κ1) is 15.3. The number of benzene rings is 2. The highest BCUT2D eigenvalue weighted by molar-refractivity contribution is 5.94. The van der Waals surface area contributed by atoms with Crippen LogP contribution in [0.4, 0.5) is 13.2 Å². The largest absolute Gasteiger partial charge is 0.416 e. The second-order valence-electron chi connectivity index (χ2n) is 5.09. The summed E-state index contributed by atoms with van der Waals surface area (Å²) in [6, 6.07) is 11.0. The van der Waals surface area contributed by atoms with Crippen LogP contribution in [0.15, 0.2) is 42.5 Å². The van der Waals surface area contributed by atoms with Gasteiger partial charge < -0.3 is 0 Å². The number of alkyl halides is 3. The predicted octanol–water partition coefficient (Wildman–Crippen LogP) is 4.81.